The molecule has 1 aliphatic carbocycles. The standard InChI is InChI=1S/C43H30N2/c1-2-11-34(12-3-1)44(37-27-22-33-28-32-10-4-5-13-38(32)41(33)29-37)35-23-18-30(19-24-35)31-20-25-36(26-21-31)45-42-16-8-6-14-39(42)40-15-7-9-17-43(40)45/h1-27,29H,28H2. The molecule has 1 aliphatic rings. The summed E-state index contributed by atoms with van der Waals surface area (Å²) in [6.07, 6.45) is 1.00. The Morgan fingerprint density at radius 3 is 1.64 bits per heavy atom. The SMILES string of the molecule is c1ccc(N(c2ccc(-c3ccc(-n4c5ccccc5c5ccccc54)cc3)cc2)c2ccc3c(c2)-c2ccccc2C3)cc1. The van der Waals surface area contributed by atoms with E-state index in [1.165, 1.54) is 66.6 Å². The quantitative estimate of drug-likeness (QED) is 0.198. The zero-order valence-corrected chi connectivity index (χ0v) is 24.8. The van der Waals surface area contributed by atoms with Crippen LogP contribution >= 0.6 is 0 Å². The van der Waals surface area contributed by atoms with Gasteiger partial charge in [-0.15, -0.1) is 0 Å². The summed E-state index contributed by atoms with van der Waals surface area (Å²) in [5, 5.41) is 2.56. The molecule has 2 nitrogen and oxygen atoms in total. The van der Waals surface area contributed by atoms with Gasteiger partial charge >= 0.3 is 0 Å². The van der Waals surface area contributed by atoms with E-state index in [1.807, 2.05) is 0 Å². The van der Waals surface area contributed by atoms with Crippen molar-refractivity contribution in [3.8, 4) is 27.9 Å². The van der Waals surface area contributed by atoms with Crippen LogP contribution < -0.4 is 4.90 Å². The second-order valence-corrected chi connectivity index (χ2v) is 11.8. The van der Waals surface area contributed by atoms with Crippen LogP contribution in [-0.4, -0.2) is 4.57 Å². The highest BCUT2D eigenvalue weighted by atomic mass is 15.1. The van der Waals surface area contributed by atoms with Crippen molar-refractivity contribution < 1.29 is 0 Å². The molecule has 0 amide bonds. The first-order valence-corrected chi connectivity index (χ1v) is 15.6. The van der Waals surface area contributed by atoms with Gasteiger partial charge in [-0.25, -0.2) is 0 Å². The summed E-state index contributed by atoms with van der Waals surface area (Å²) in [6, 6.07) is 61.6. The average Bonchev–Trinajstić information content (AvgIpc) is 3.65. The summed E-state index contributed by atoms with van der Waals surface area (Å²) in [5.74, 6) is 0. The number of nitrogens with zero attached hydrogens (tertiary/aromatic N) is 2. The number of anilines is 3. The Labute approximate surface area is 263 Å². The molecule has 0 radical (unpaired) electrons. The Morgan fingerprint density at radius 2 is 0.933 bits per heavy atom. The minimum absolute atomic E-state index is 1.00. The van der Waals surface area contributed by atoms with E-state index >= 15 is 0 Å². The van der Waals surface area contributed by atoms with Crippen molar-refractivity contribution in [2.24, 2.45) is 0 Å². The smallest absolute Gasteiger partial charge is 0.0541 e. The summed E-state index contributed by atoms with van der Waals surface area (Å²) in [5.41, 5.74) is 15.0. The zero-order valence-electron chi connectivity index (χ0n) is 24.8. The van der Waals surface area contributed by atoms with Crippen LogP contribution in [0.2, 0.25) is 0 Å². The third-order valence-electron chi connectivity index (χ3n) is 9.22. The van der Waals surface area contributed by atoms with E-state index in [1.54, 1.807) is 0 Å². The molecule has 0 unspecified atom stereocenters. The van der Waals surface area contributed by atoms with E-state index in [-0.39, 0.29) is 0 Å². The molecule has 0 aliphatic heterocycles. The predicted octanol–water partition coefficient (Wildman–Crippen LogP) is 11.5. The lowest BCUT2D eigenvalue weighted by Crippen LogP contribution is -2.10. The van der Waals surface area contributed by atoms with Crippen molar-refractivity contribution in [3.05, 3.63) is 181 Å². The van der Waals surface area contributed by atoms with Gasteiger partial charge in [-0.05, 0) is 100 Å². The fourth-order valence-electron chi connectivity index (χ4n) is 7.08. The number of benzene rings is 7. The van der Waals surface area contributed by atoms with Crippen LogP contribution in [0.3, 0.4) is 0 Å². The van der Waals surface area contributed by atoms with E-state index in [4.69, 9.17) is 0 Å². The lowest BCUT2D eigenvalue weighted by Gasteiger charge is -2.26. The number of aromatic nitrogens is 1. The maximum Gasteiger partial charge on any atom is 0.0541 e. The van der Waals surface area contributed by atoms with Crippen molar-refractivity contribution >= 4 is 38.9 Å². The van der Waals surface area contributed by atoms with Gasteiger partial charge in [0, 0.05) is 33.5 Å². The van der Waals surface area contributed by atoms with E-state index in [2.05, 4.69) is 179 Å². The highest BCUT2D eigenvalue weighted by molar-refractivity contribution is 6.09. The molecule has 45 heavy (non-hydrogen) atoms. The second-order valence-electron chi connectivity index (χ2n) is 11.8. The van der Waals surface area contributed by atoms with E-state index in [0.29, 0.717) is 0 Å². The van der Waals surface area contributed by atoms with Gasteiger partial charge in [0.1, 0.15) is 0 Å². The van der Waals surface area contributed by atoms with Crippen molar-refractivity contribution in [2.75, 3.05) is 4.90 Å². The molecule has 9 rings (SSSR count). The van der Waals surface area contributed by atoms with Crippen molar-refractivity contribution in [2.45, 2.75) is 6.42 Å². The van der Waals surface area contributed by atoms with Crippen molar-refractivity contribution in [1.29, 1.82) is 0 Å². The largest absolute Gasteiger partial charge is 0.310 e. The molecule has 7 aromatic carbocycles. The average molecular weight is 575 g/mol. The van der Waals surface area contributed by atoms with E-state index in [9.17, 15) is 0 Å². The molecular weight excluding hydrogens is 544 g/mol. The molecule has 1 aromatic heterocycles. The number of fused-ring (bicyclic) bond motifs is 6. The Bertz CT molecular complexity index is 2270. The number of para-hydroxylation sites is 3. The second kappa shape index (κ2) is 10.4. The predicted molar refractivity (Wildman–Crippen MR) is 189 cm³/mol. The summed E-state index contributed by atoms with van der Waals surface area (Å²) < 4.78 is 2.37. The van der Waals surface area contributed by atoms with Crippen LogP contribution in [0, 0.1) is 0 Å². The van der Waals surface area contributed by atoms with Crippen LogP contribution in [0.4, 0.5) is 17.1 Å². The van der Waals surface area contributed by atoms with Gasteiger partial charge in [0.25, 0.3) is 0 Å². The Kier molecular flexibility index (Phi) is 5.92. The van der Waals surface area contributed by atoms with Gasteiger partial charge < -0.3 is 9.47 Å². The van der Waals surface area contributed by atoms with Crippen molar-refractivity contribution in [1.82, 2.24) is 4.57 Å². The number of hydrogen-bond acceptors (Lipinski definition) is 1. The first kappa shape index (κ1) is 25.6. The number of hydrogen-bond donors (Lipinski definition) is 0. The maximum absolute atomic E-state index is 2.37. The van der Waals surface area contributed by atoms with Gasteiger partial charge in [0.2, 0.25) is 0 Å². The Balaban J connectivity index is 1.07. The molecule has 212 valence electrons. The molecule has 0 fully saturated rings. The third-order valence-corrected chi connectivity index (χ3v) is 9.22. The minimum Gasteiger partial charge on any atom is -0.310 e. The third kappa shape index (κ3) is 4.26. The molecule has 1 heterocycles. The molecule has 0 saturated heterocycles. The highest BCUT2D eigenvalue weighted by Gasteiger charge is 2.21. The highest BCUT2D eigenvalue weighted by Crippen LogP contribution is 2.42. The maximum atomic E-state index is 2.37. The molecule has 0 spiro atoms. The van der Waals surface area contributed by atoms with Gasteiger partial charge in [-0.2, -0.15) is 0 Å². The summed E-state index contributed by atoms with van der Waals surface area (Å²) >= 11 is 0. The molecule has 0 saturated carbocycles. The van der Waals surface area contributed by atoms with Crippen molar-refractivity contribution in [3.63, 3.8) is 0 Å². The number of rotatable bonds is 5. The van der Waals surface area contributed by atoms with Gasteiger partial charge in [-0.3, -0.25) is 0 Å². The molecule has 2 heteroatoms. The van der Waals surface area contributed by atoms with Crippen LogP contribution in [-0.2, 0) is 6.42 Å². The minimum atomic E-state index is 1.00. The first-order valence-electron chi connectivity index (χ1n) is 15.6. The monoisotopic (exact) mass is 574 g/mol. The normalized spacial score (nSPS) is 11.9. The van der Waals surface area contributed by atoms with Gasteiger partial charge in [0.15, 0.2) is 0 Å². The van der Waals surface area contributed by atoms with E-state index < -0.39 is 0 Å². The fraction of sp³-hybridized carbons (Fsp3) is 0.0233. The first-order chi connectivity index (χ1) is 22.3. The van der Waals surface area contributed by atoms with Crippen LogP contribution in [0.25, 0.3) is 49.7 Å². The van der Waals surface area contributed by atoms with Gasteiger partial charge in [-0.1, -0.05) is 109 Å². The van der Waals surface area contributed by atoms with Crippen LogP contribution in [0.5, 0.6) is 0 Å². The molecule has 8 aromatic rings. The molecular formula is C43H30N2. The Morgan fingerprint density at radius 1 is 0.400 bits per heavy atom. The molecule has 0 bridgehead atoms. The lowest BCUT2D eigenvalue weighted by molar-refractivity contribution is 1.18. The Hall–Kier alpha value is -5.86. The van der Waals surface area contributed by atoms with E-state index in [0.717, 1.165) is 17.8 Å². The van der Waals surface area contributed by atoms with Crippen LogP contribution in [0.15, 0.2) is 170 Å². The lowest BCUT2D eigenvalue weighted by atomic mass is 10.0. The van der Waals surface area contributed by atoms with Gasteiger partial charge in [0.05, 0.1) is 11.0 Å². The summed E-state index contributed by atoms with van der Waals surface area (Å²) in [7, 11) is 0. The molecule has 0 N–H and O–H groups in total. The topological polar surface area (TPSA) is 8.17 Å². The molecule has 0 atom stereocenters. The zero-order chi connectivity index (χ0) is 29.7. The van der Waals surface area contributed by atoms with Crippen LogP contribution in [0.1, 0.15) is 11.1 Å². The summed E-state index contributed by atoms with van der Waals surface area (Å²) in [4.78, 5) is 2.36. The summed E-state index contributed by atoms with van der Waals surface area (Å²) in [6.45, 7) is 0. The fourth-order valence-corrected chi connectivity index (χ4v) is 7.08.